The minimum atomic E-state index is -0.396. The normalized spacial score (nSPS) is 10.6. The van der Waals surface area contributed by atoms with Crippen LogP contribution in [0.15, 0.2) is 53.3 Å². The molecule has 0 fully saturated rings. The number of carbonyl (C=O) groups excluding carboxylic acids is 1. The summed E-state index contributed by atoms with van der Waals surface area (Å²) < 4.78 is 11.8. The van der Waals surface area contributed by atoms with E-state index in [0.717, 1.165) is 5.56 Å². The summed E-state index contributed by atoms with van der Waals surface area (Å²) >= 11 is 0. The zero-order chi connectivity index (χ0) is 22.4. The molecule has 1 amide bonds. The lowest BCUT2D eigenvalue weighted by Crippen LogP contribution is -2.33. The van der Waals surface area contributed by atoms with Crippen LogP contribution in [0.1, 0.15) is 11.3 Å². The van der Waals surface area contributed by atoms with E-state index in [2.05, 4.69) is 10.3 Å². The Kier molecular flexibility index (Phi) is 7.04. The highest BCUT2D eigenvalue weighted by Crippen LogP contribution is 2.29. The maximum Gasteiger partial charge on any atom is 0.257 e. The van der Waals surface area contributed by atoms with Gasteiger partial charge >= 0.3 is 0 Å². The molecule has 8 nitrogen and oxygen atoms in total. The second kappa shape index (κ2) is 9.90. The maximum absolute atomic E-state index is 13.1. The first-order valence-corrected chi connectivity index (χ1v) is 9.77. The van der Waals surface area contributed by atoms with Crippen LogP contribution in [-0.4, -0.2) is 41.4 Å². The number of aliphatic hydroxyl groups is 1. The number of carbonyl (C=O) groups is 1. The number of aromatic nitrogens is 2. The summed E-state index contributed by atoms with van der Waals surface area (Å²) in [5.74, 6) is 1.02. The van der Waals surface area contributed by atoms with E-state index in [9.17, 15) is 14.7 Å². The number of nitrogens with zero attached hydrogens (tertiary/aromatic N) is 2. The summed E-state index contributed by atoms with van der Waals surface area (Å²) in [5, 5.41) is 12.1. The standard InChI is InChI=1S/C23H25N3O5/c1-15-18(11-12-27)23(29)26(22(24-15)16-7-5-4-6-8-16)14-21(28)25-17-9-10-19(30-2)20(13-17)31-3/h4-10,13,27H,11-12,14H2,1-3H3,(H,25,28). The predicted molar refractivity (Wildman–Crippen MR) is 118 cm³/mol. The van der Waals surface area contributed by atoms with Gasteiger partial charge in [0.1, 0.15) is 12.4 Å². The van der Waals surface area contributed by atoms with Crippen molar-refractivity contribution in [3.05, 3.63) is 70.1 Å². The minimum Gasteiger partial charge on any atom is -0.493 e. The Morgan fingerprint density at radius 2 is 1.81 bits per heavy atom. The first kappa shape index (κ1) is 22.0. The molecule has 0 radical (unpaired) electrons. The zero-order valence-corrected chi connectivity index (χ0v) is 17.7. The first-order chi connectivity index (χ1) is 15.0. The van der Waals surface area contributed by atoms with E-state index in [4.69, 9.17) is 9.47 Å². The molecule has 2 aromatic carbocycles. The van der Waals surface area contributed by atoms with Crippen molar-refractivity contribution in [3.8, 4) is 22.9 Å². The Hall–Kier alpha value is -3.65. The van der Waals surface area contributed by atoms with E-state index in [1.54, 1.807) is 25.1 Å². The average molecular weight is 423 g/mol. The minimum absolute atomic E-state index is 0.171. The molecule has 31 heavy (non-hydrogen) atoms. The quantitative estimate of drug-likeness (QED) is 0.577. The number of nitrogens with one attached hydrogen (secondary N) is 1. The molecule has 1 aromatic heterocycles. The van der Waals surface area contributed by atoms with Gasteiger partial charge in [-0.15, -0.1) is 0 Å². The summed E-state index contributed by atoms with van der Waals surface area (Å²) in [6.07, 6.45) is 0.171. The first-order valence-electron chi connectivity index (χ1n) is 9.77. The summed E-state index contributed by atoms with van der Waals surface area (Å²) in [7, 11) is 3.04. The second-order valence-corrected chi connectivity index (χ2v) is 6.85. The largest absolute Gasteiger partial charge is 0.493 e. The van der Waals surface area contributed by atoms with E-state index < -0.39 is 5.91 Å². The van der Waals surface area contributed by atoms with Gasteiger partial charge in [0.25, 0.3) is 5.56 Å². The van der Waals surface area contributed by atoms with Gasteiger partial charge in [-0.2, -0.15) is 0 Å². The van der Waals surface area contributed by atoms with Gasteiger partial charge in [-0.3, -0.25) is 14.2 Å². The van der Waals surface area contributed by atoms with Crippen molar-refractivity contribution >= 4 is 11.6 Å². The highest BCUT2D eigenvalue weighted by molar-refractivity contribution is 5.91. The van der Waals surface area contributed by atoms with Crippen LogP contribution in [0.5, 0.6) is 11.5 Å². The van der Waals surface area contributed by atoms with Gasteiger partial charge in [0, 0.05) is 41.6 Å². The number of aliphatic hydroxyl groups excluding tert-OH is 1. The number of anilines is 1. The van der Waals surface area contributed by atoms with E-state index in [1.165, 1.54) is 18.8 Å². The number of methoxy groups -OCH3 is 2. The molecule has 0 aliphatic rings. The molecule has 3 aromatic rings. The van der Waals surface area contributed by atoms with Gasteiger partial charge in [0.05, 0.1) is 14.2 Å². The van der Waals surface area contributed by atoms with Crippen molar-refractivity contribution in [1.82, 2.24) is 9.55 Å². The lowest BCUT2D eigenvalue weighted by Gasteiger charge is -2.16. The number of amides is 1. The maximum atomic E-state index is 13.1. The summed E-state index contributed by atoms with van der Waals surface area (Å²) in [6, 6.07) is 14.2. The Morgan fingerprint density at radius 3 is 2.45 bits per heavy atom. The topological polar surface area (TPSA) is 103 Å². The van der Waals surface area contributed by atoms with Gasteiger partial charge in [0.2, 0.25) is 5.91 Å². The van der Waals surface area contributed by atoms with E-state index in [0.29, 0.717) is 34.3 Å². The number of rotatable bonds is 8. The average Bonchev–Trinajstić information content (AvgIpc) is 2.78. The fourth-order valence-electron chi connectivity index (χ4n) is 3.31. The molecule has 0 aliphatic carbocycles. The molecule has 0 atom stereocenters. The molecule has 0 saturated carbocycles. The van der Waals surface area contributed by atoms with Crippen LogP contribution >= 0.6 is 0 Å². The van der Waals surface area contributed by atoms with Crippen LogP contribution in [-0.2, 0) is 17.8 Å². The Morgan fingerprint density at radius 1 is 1.10 bits per heavy atom. The molecule has 0 spiro atoms. The smallest absolute Gasteiger partial charge is 0.257 e. The summed E-state index contributed by atoms with van der Waals surface area (Å²) in [6.45, 7) is 1.32. The van der Waals surface area contributed by atoms with Crippen molar-refractivity contribution in [2.45, 2.75) is 19.9 Å². The zero-order valence-electron chi connectivity index (χ0n) is 17.7. The number of hydrogen-bond acceptors (Lipinski definition) is 6. The monoisotopic (exact) mass is 423 g/mol. The number of benzene rings is 2. The van der Waals surface area contributed by atoms with Crippen LogP contribution in [0.25, 0.3) is 11.4 Å². The van der Waals surface area contributed by atoms with E-state index in [-0.39, 0.29) is 25.1 Å². The lowest BCUT2D eigenvalue weighted by molar-refractivity contribution is -0.116. The molecule has 1 heterocycles. The van der Waals surface area contributed by atoms with E-state index in [1.807, 2.05) is 30.3 Å². The fraction of sp³-hybridized carbons (Fsp3) is 0.261. The van der Waals surface area contributed by atoms with Crippen LogP contribution in [0.3, 0.4) is 0 Å². The van der Waals surface area contributed by atoms with Gasteiger partial charge in [0.15, 0.2) is 11.5 Å². The summed E-state index contributed by atoms with van der Waals surface area (Å²) in [4.78, 5) is 30.5. The number of hydrogen-bond donors (Lipinski definition) is 2. The van der Waals surface area contributed by atoms with Crippen LogP contribution < -0.4 is 20.3 Å². The molecule has 0 unspecified atom stereocenters. The highest BCUT2D eigenvalue weighted by atomic mass is 16.5. The fourth-order valence-corrected chi connectivity index (χ4v) is 3.31. The van der Waals surface area contributed by atoms with Gasteiger partial charge < -0.3 is 19.9 Å². The van der Waals surface area contributed by atoms with Crippen molar-refractivity contribution in [1.29, 1.82) is 0 Å². The van der Waals surface area contributed by atoms with Crippen molar-refractivity contribution in [2.24, 2.45) is 0 Å². The summed E-state index contributed by atoms with van der Waals surface area (Å²) in [5.41, 5.74) is 1.81. The molecule has 162 valence electrons. The number of ether oxygens (including phenoxy) is 2. The SMILES string of the molecule is COc1ccc(NC(=O)Cn2c(-c3ccccc3)nc(C)c(CCO)c2=O)cc1OC. The van der Waals surface area contributed by atoms with Crippen molar-refractivity contribution < 1.29 is 19.4 Å². The van der Waals surface area contributed by atoms with Gasteiger partial charge in [-0.25, -0.2) is 4.98 Å². The van der Waals surface area contributed by atoms with E-state index >= 15 is 0 Å². The molecule has 8 heteroatoms. The molecule has 2 N–H and O–H groups in total. The highest BCUT2D eigenvalue weighted by Gasteiger charge is 2.18. The van der Waals surface area contributed by atoms with Crippen molar-refractivity contribution in [2.75, 3.05) is 26.1 Å². The number of aryl methyl sites for hydroxylation is 1. The molecular formula is C23H25N3O5. The molecular weight excluding hydrogens is 398 g/mol. The third-order valence-electron chi connectivity index (χ3n) is 4.83. The third-order valence-corrected chi connectivity index (χ3v) is 4.83. The Labute approximate surface area is 180 Å². The molecule has 0 saturated heterocycles. The molecule has 3 rings (SSSR count). The van der Waals surface area contributed by atoms with Crippen molar-refractivity contribution in [3.63, 3.8) is 0 Å². The van der Waals surface area contributed by atoms with Gasteiger partial charge in [-0.1, -0.05) is 30.3 Å². The third kappa shape index (κ3) is 4.92. The van der Waals surface area contributed by atoms with Crippen LogP contribution in [0.2, 0.25) is 0 Å². The Balaban J connectivity index is 1.96. The molecule has 0 bridgehead atoms. The Bertz CT molecular complexity index is 1130. The second-order valence-electron chi connectivity index (χ2n) is 6.85. The lowest BCUT2D eigenvalue weighted by atomic mass is 10.1. The molecule has 0 aliphatic heterocycles. The predicted octanol–water partition coefficient (Wildman–Crippen LogP) is 2.41. The van der Waals surface area contributed by atoms with Crippen LogP contribution in [0, 0.1) is 6.92 Å². The van der Waals surface area contributed by atoms with Crippen LogP contribution in [0.4, 0.5) is 5.69 Å². The van der Waals surface area contributed by atoms with Gasteiger partial charge in [-0.05, 0) is 19.1 Å².